The Morgan fingerprint density at radius 2 is 1.94 bits per heavy atom. The van der Waals surface area contributed by atoms with E-state index < -0.39 is 0 Å². The molecule has 176 valence electrons. The minimum Gasteiger partial charge on any atom is -0.421 e. The lowest BCUT2D eigenvalue weighted by Crippen LogP contribution is -2.10. The second-order valence-corrected chi connectivity index (χ2v) is 9.05. The summed E-state index contributed by atoms with van der Waals surface area (Å²) in [6.45, 7) is 4.64. The van der Waals surface area contributed by atoms with Gasteiger partial charge in [0.05, 0.1) is 11.4 Å². The van der Waals surface area contributed by atoms with Gasteiger partial charge in [-0.3, -0.25) is 0 Å². The first-order chi connectivity index (χ1) is 16.9. The third-order valence-electron chi connectivity index (χ3n) is 6.12. The molecular formula is C25H25N9O. The summed E-state index contributed by atoms with van der Waals surface area (Å²) in [6, 6.07) is 8.06. The predicted octanol–water partition coefficient (Wildman–Crippen LogP) is 4.03. The van der Waals surface area contributed by atoms with Crippen LogP contribution in [-0.4, -0.2) is 58.5 Å². The van der Waals surface area contributed by atoms with Crippen LogP contribution in [-0.2, 0) is 13.6 Å². The van der Waals surface area contributed by atoms with Crippen LogP contribution in [0.15, 0.2) is 47.3 Å². The fourth-order valence-electron chi connectivity index (χ4n) is 4.46. The number of nitrogens with one attached hydrogen (secondary N) is 1. The first-order valence-corrected chi connectivity index (χ1v) is 11.3. The van der Waals surface area contributed by atoms with Gasteiger partial charge in [-0.2, -0.15) is 5.10 Å². The van der Waals surface area contributed by atoms with Gasteiger partial charge >= 0.3 is 0 Å². The number of nitrogens with zero attached hydrogens (tertiary/aromatic N) is 8. The number of rotatable bonds is 5. The number of aryl methyl sites for hydroxylation is 3. The fourth-order valence-corrected chi connectivity index (χ4v) is 4.46. The van der Waals surface area contributed by atoms with E-state index >= 15 is 0 Å². The normalized spacial score (nSPS) is 11.9. The van der Waals surface area contributed by atoms with Crippen molar-refractivity contribution in [1.82, 2.24) is 44.4 Å². The molecule has 0 spiro atoms. The molecule has 1 N–H and O–H groups in total. The molecule has 0 saturated carbocycles. The SMILES string of the molecule is Cc1nnc(-c2ccc3c(c2)c(-c2nc4nccc(-n5cc(CN(C)C)c(C)n5)c4[nH]2)cn3C)o1. The predicted molar refractivity (Wildman–Crippen MR) is 133 cm³/mol. The molecule has 0 saturated heterocycles. The van der Waals surface area contributed by atoms with Crippen LogP contribution in [0.25, 0.3) is 50.6 Å². The lowest BCUT2D eigenvalue weighted by molar-refractivity contribution is 0.401. The van der Waals surface area contributed by atoms with Gasteiger partial charge in [-0.05, 0) is 45.3 Å². The second kappa shape index (κ2) is 7.88. The number of aromatic nitrogens is 8. The van der Waals surface area contributed by atoms with Crippen LogP contribution in [0.1, 0.15) is 17.1 Å². The first-order valence-electron chi connectivity index (χ1n) is 11.3. The number of hydrogen-bond donors (Lipinski definition) is 1. The van der Waals surface area contributed by atoms with Gasteiger partial charge in [0.1, 0.15) is 11.3 Å². The zero-order chi connectivity index (χ0) is 24.3. The van der Waals surface area contributed by atoms with E-state index in [1.165, 1.54) is 5.56 Å². The smallest absolute Gasteiger partial charge is 0.247 e. The third-order valence-corrected chi connectivity index (χ3v) is 6.12. The topological polar surface area (TPSA) is 106 Å². The Bertz CT molecular complexity index is 1700. The lowest BCUT2D eigenvalue weighted by Gasteiger charge is -2.07. The van der Waals surface area contributed by atoms with E-state index in [1.807, 2.05) is 30.8 Å². The summed E-state index contributed by atoms with van der Waals surface area (Å²) in [5.74, 6) is 1.77. The summed E-state index contributed by atoms with van der Waals surface area (Å²) in [5, 5.41) is 13.9. The molecular weight excluding hydrogens is 442 g/mol. The van der Waals surface area contributed by atoms with Crippen LogP contribution in [0.5, 0.6) is 0 Å². The van der Waals surface area contributed by atoms with E-state index in [0.29, 0.717) is 17.4 Å². The molecule has 0 unspecified atom stereocenters. The third kappa shape index (κ3) is 3.58. The number of hydrogen-bond acceptors (Lipinski definition) is 7. The van der Waals surface area contributed by atoms with Crippen molar-refractivity contribution >= 4 is 22.1 Å². The minimum atomic E-state index is 0.496. The van der Waals surface area contributed by atoms with Gasteiger partial charge in [0.25, 0.3) is 0 Å². The molecule has 0 amide bonds. The fraction of sp³-hybridized carbons (Fsp3) is 0.240. The van der Waals surface area contributed by atoms with Crippen LogP contribution in [0, 0.1) is 13.8 Å². The molecule has 6 aromatic rings. The molecule has 10 heteroatoms. The Kier molecular flexibility index (Phi) is 4.78. The van der Waals surface area contributed by atoms with E-state index in [1.54, 1.807) is 13.1 Å². The van der Waals surface area contributed by atoms with Gasteiger partial charge in [0, 0.05) is 66.7 Å². The van der Waals surface area contributed by atoms with Gasteiger partial charge in [0.2, 0.25) is 11.8 Å². The summed E-state index contributed by atoms with van der Waals surface area (Å²) in [5.41, 5.74) is 7.46. The highest BCUT2D eigenvalue weighted by Gasteiger charge is 2.18. The van der Waals surface area contributed by atoms with E-state index in [-0.39, 0.29) is 0 Å². The number of pyridine rings is 1. The Labute approximate surface area is 201 Å². The van der Waals surface area contributed by atoms with Crippen LogP contribution in [0.4, 0.5) is 0 Å². The number of imidazole rings is 1. The maximum Gasteiger partial charge on any atom is 0.247 e. The highest BCUT2D eigenvalue weighted by molar-refractivity contribution is 5.98. The molecule has 0 atom stereocenters. The molecule has 5 aromatic heterocycles. The minimum absolute atomic E-state index is 0.496. The highest BCUT2D eigenvalue weighted by Crippen LogP contribution is 2.33. The molecule has 0 bridgehead atoms. The molecule has 10 nitrogen and oxygen atoms in total. The van der Waals surface area contributed by atoms with Gasteiger partial charge in [-0.25, -0.2) is 14.6 Å². The van der Waals surface area contributed by atoms with Crippen molar-refractivity contribution in [2.75, 3.05) is 14.1 Å². The van der Waals surface area contributed by atoms with Crippen molar-refractivity contribution in [3.8, 4) is 28.5 Å². The summed E-state index contributed by atoms with van der Waals surface area (Å²) in [4.78, 5) is 15.0. The summed E-state index contributed by atoms with van der Waals surface area (Å²) < 4.78 is 9.63. The summed E-state index contributed by atoms with van der Waals surface area (Å²) >= 11 is 0. The van der Waals surface area contributed by atoms with Gasteiger partial charge in [-0.15, -0.1) is 10.2 Å². The molecule has 35 heavy (non-hydrogen) atoms. The van der Waals surface area contributed by atoms with Crippen molar-refractivity contribution in [1.29, 1.82) is 0 Å². The zero-order valence-corrected chi connectivity index (χ0v) is 20.2. The Hall–Kier alpha value is -4.31. The monoisotopic (exact) mass is 467 g/mol. The molecule has 0 aliphatic rings. The number of aromatic amines is 1. The van der Waals surface area contributed by atoms with E-state index in [4.69, 9.17) is 14.5 Å². The first kappa shape index (κ1) is 21.2. The van der Waals surface area contributed by atoms with Crippen molar-refractivity contribution in [3.05, 3.63) is 60.0 Å². The maximum absolute atomic E-state index is 5.64. The van der Waals surface area contributed by atoms with Gasteiger partial charge in [-0.1, -0.05) is 0 Å². The van der Waals surface area contributed by atoms with Gasteiger partial charge in [0.15, 0.2) is 5.65 Å². The standard InChI is InChI=1S/C25H25N9O/c1-14-17(11-32(3)4)12-34(31-14)21-8-9-26-24-22(21)27-23(28-24)19-13-33(5)20-7-6-16(10-18(19)20)25-30-29-15(2)35-25/h6-10,12-13H,11H2,1-5H3,(H,26,27,28). The van der Waals surface area contributed by atoms with E-state index in [9.17, 15) is 0 Å². The van der Waals surface area contributed by atoms with E-state index in [2.05, 4.69) is 68.3 Å². The highest BCUT2D eigenvalue weighted by atomic mass is 16.4. The van der Waals surface area contributed by atoms with Crippen molar-refractivity contribution in [2.24, 2.45) is 7.05 Å². The zero-order valence-electron chi connectivity index (χ0n) is 20.2. The maximum atomic E-state index is 5.64. The number of benzene rings is 1. The van der Waals surface area contributed by atoms with E-state index in [0.717, 1.165) is 51.3 Å². The van der Waals surface area contributed by atoms with Crippen molar-refractivity contribution in [2.45, 2.75) is 20.4 Å². The Morgan fingerprint density at radius 1 is 1.09 bits per heavy atom. The van der Waals surface area contributed by atoms with Crippen LogP contribution in [0.2, 0.25) is 0 Å². The molecule has 1 aromatic carbocycles. The molecule has 0 aliphatic heterocycles. The number of fused-ring (bicyclic) bond motifs is 2. The number of H-pyrrole nitrogens is 1. The Morgan fingerprint density at radius 3 is 2.71 bits per heavy atom. The second-order valence-electron chi connectivity index (χ2n) is 9.05. The van der Waals surface area contributed by atoms with Crippen LogP contribution < -0.4 is 0 Å². The van der Waals surface area contributed by atoms with Crippen LogP contribution in [0.3, 0.4) is 0 Å². The van der Waals surface area contributed by atoms with Gasteiger partial charge < -0.3 is 18.9 Å². The average molecular weight is 468 g/mol. The Balaban J connectivity index is 1.48. The molecule has 0 aliphatic carbocycles. The average Bonchev–Trinajstić information content (AvgIpc) is 3.59. The molecule has 0 fully saturated rings. The summed E-state index contributed by atoms with van der Waals surface area (Å²) in [7, 11) is 6.13. The molecule has 5 heterocycles. The lowest BCUT2D eigenvalue weighted by atomic mass is 10.1. The molecule has 6 rings (SSSR count). The quantitative estimate of drug-likeness (QED) is 0.408. The molecule has 0 radical (unpaired) electrons. The summed E-state index contributed by atoms with van der Waals surface area (Å²) in [6.07, 6.45) is 5.91. The van der Waals surface area contributed by atoms with Crippen molar-refractivity contribution in [3.63, 3.8) is 0 Å². The van der Waals surface area contributed by atoms with Crippen LogP contribution >= 0.6 is 0 Å². The largest absolute Gasteiger partial charge is 0.421 e. The van der Waals surface area contributed by atoms with Crippen molar-refractivity contribution < 1.29 is 4.42 Å².